The van der Waals surface area contributed by atoms with Crippen LogP contribution in [0, 0.1) is 0 Å². The molecule has 3 heteroatoms. The monoisotopic (exact) mass is 499 g/mol. The molecule has 0 atom stereocenters. The Morgan fingerprint density at radius 3 is 1.87 bits per heavy atom. The highest BCUT2D eigenvalue weighted by atomic mass is 15.2. The molecule has 0 spiro atoms. The van der Waals surface area contributed by atoms with Gasteiger partial charge in [-0.1, -0.05) is 115 Å². The van der Waals surface area contributed by atoms with E-state index in [-0.39, 0.29) is 0 Å². The number of hydrogen-bond acceptors (Lipinski definition) is 2. The molecule has 3 nitrogen and oxygen atoms in total. The first-order chi connectivity index (χ1) is 19.3. The van der Waals surface area contributed by atoms with Gasteiger partial charge in [0.1, 0.15) is 0 Å². The number of rotatable bonds is 3. The number of hydrogen-bond donors (Lipinski definition) is 0. The molecular formula is C36H25N3. The van der Waals surface area contributed by atoms with Gasteiger partial charge in [-0.3, -0.25) is 4.57 Å². The van der Waals surface area contributed by atoms with Crippen LogP contribution < -0.4 is 0 Å². The molecule has 39 heavy (non-hydrogen) atoms. The van der Waals surface area contributed by atoms with Crippen molar-refractivity contribution in [1.29, 1.82) is 0 Å². The van der Waals surface area contributed by atoms with E-state index in [0.29, 0.717) is 5.95 Å². The topological polar surface area (TPSA) is 30.7 Å². The Hall–Kier alpha value is -5.02. The molecule has 0 saturated heterocycles. The molecule has 0 aliphatic heterocycles. The summed E-state index contributed by atoms with van der Waals surface area (Å²) in [6.45, 7) is 0. The molecule has 0 saturated carbocycles. The third-order valence-corrected chi connectivity index (χ3v) is 7.93. The van der Waals surface area contributed by atoms with Gasteiger partial charge < -0.3 is 0 Å². The molecule has 8 rings (SSSR count). The quantitative estimate of drug-likeness (QED) is 0.243. The normalized spacial score (nSPS) is 12.4. The minimum Gasteiger partial charge on any atom is -0.277 e. The molecule has 0 bridgehead atoms. The lowest BCUT2D eigenvalue weighted by molar-refractivity contribution is 0.939. The number of nitrogens with zero attached hydrogens (tertiary/aromatic N) is 3. The molecule has 0 N–H and O–H groups in total. The highest BCUT2D eigenvalue weighted by Crippen LogP contribution is 2.43. The van der Waals surface area contributed by atoms with Crippen LogP contribution in [0.4, 0.5) is 0 Å². The number of fused-ring (bicyclic) bond motifs is 7. The Morgan fingerprint density at radius 2 is 1.13 bits per heavy atom. The molecule has 0 amide bonds. The van der Waals surface area contributed by atoms with Crippen molar-refractivity contribution in [3.8, 4) is 39.6 Å². The molecule has 2 aromatic heterocycles. The van der Waals surface area contributed by atoms with Crippen LogP contribution in [0.3, 0.4) is 0 Å². The van der Waals surface area contributed by atoms with Crippen LogP contribution in [0.25, 0.3) is 61.4 Å². The second kappa shape index (κ2) is 8.78. The minimum atomic E-state index is 0.692. The summed E-state index contributed by atoms with van der Waals surface area (Å²) in [5.74, 6) is 0.692. The van der Waals surface area contributed by atoms with Crippen molar-refractivity contribution < 1.29 is 0 Å². The molecule has 1 aliphatic rings. The van der Waals surface area contributed by atoms with Crippen LogP contribution in [0.2, 0.25) is 0 Å². The zero-order chi connectivity index (χ0) is 25.8. The zero-order valence-electron chi connectivity index (χ0n) is 21.4. The van der Waals surface area contributed by atoms with E-state index in [9.17, 15) is 0 Å². The van der Waals surface area contributed by atoms with E-state index in [0.717, 1.165) is 40.9 Å². The van der Waals surface area contributed by atoms with Crippen LogP contribution in [0.1, 0.15) is 11.1 Å². The van der Waals surface area contributed by atoms with Crippen molar-refractivity contribution in [1.82, 2.24) is 14.5 Å². The first-order valence-corrected chi connectivity index (χ1v) is 13.5. The third-order valence-electron chi connectivity index (χ3n) is 7.93. The number of benzene rings is 5. The van der Waals surface area contributed by atoms with Crippen molar-refractivity contribution in [3.05, 3.63) is 139 Å². The zero-order valence-corrected chi connectivity index (χ0v) is 21.4. The van der Waals surface area contributed by atoms with Gasteiger partial charge in [-0.25, -0.2) is 9.97 Å². The Morgan fingerprint density at radius 1 is 0.513 bits per heavy atom. The van der Waals surface area contributed by atoms with Crippen molar-refractivity contribution in [3.63, 3.8) is 0 Å². The Labute approximate surface area is 227 Å². The van der Waals surface area contributed by atoms with Crippen molar-refractivity contribution in [2.75, 3.05) is 0 Å². The average Bonchev–Trinajstić information content (AvgIpc) is 3.36. The average molecular weight is 500 g/mol. The van der Waals surface area contributed by atoms with Gasteiger partial charge in [0, 0.05) is 27.5 Å². The summed E-state index contributed by atoms with van der Waals surface area (Å²) in [5.41, 5.74) is 11.7. The van der Waals surface area contributed by atoms with Crippen LogP contribution in [0.15, 0.2) is 127 Å². The number of para-hydroxylation sites is 1. The molecule has 1 aliphatic carbocycles. The fraction of sp³-hybridized carbons (Fsp3) is 0.0556. The van der Waals surface area contributed by atoms with Gasteiger partial charge >= 0.3 is 0 Å². The molecule has 2 heterocycles. The summed E-state index contributed by atoms with van der Waals surface area (Å²) < 4.78 is 2.30. The largest absolute Gasteiger partial charge is 0.277 e. The summed E-state index contributed by atoms with van der Waals surface area (Å²) in [7, 11) is 0. The Bertz CT molecular complexity index is 1950. The molecule has 0 fully saturated rings. The van der Waals surface area contributed by atoms with Gasteiger partial charge in [-0.05, 0) is 41.7 Å². The first kappa shape index (κ1) is 22.0. The van der Waals surface area contributed by atoms with Crippen LogP contribution in [-0.4, -0.2) is 14.5 Å². The lowest BCUT2D eigenvalue weighted by Gasteiger charge is -2.22. The molecular weight excluding hydrogens is 474 g/mol. The van der Waals surface area contributed by atoms with E-state index in [1.54, 1.807) is 0 Å². The molecule has 7 aromatic rings. The Balaban J connectivity index is 1.51. The van der Waals surface area contributed by atoms with E-state index in [1.807, 2.05) is 12.1 Å². The molecule has 0 radical (unpaired) electrons. The van der Waals surface area contributed by atoms with Gasteiger partial charge in [-0.2, -0.15) is 0 Å². The Kier molecular flexibility index (Phi) is 4.95. The molecule has 184 valence electrons. The predicted octanol–water partition coefficient (Wildman–Crippen LogP) is 8.67. The third kappa shape index (κ3) is 3.51. The maximum atomic E-state index is 5.23. The van der Waals surface area contributed by atoms with Gasteiger partial charge in [-0.15, -0.1) is 0 Å². The van der Waals surface area contributed by atoms with E-state index < -0.39 is 0 Å². The van der Waals surface area contributed by atoms with E-state index >= 15 is 0 Å². The SMILES string of the molecule is c1ccc(-c2cc(-c3ccccc3)nc(-n3c4ccccc4c4ccc5c(c43)-c3ccccc3CC5)n2)cc1. The van der Waals surface area contributed by atoms with Crippen LogP contribution >= 0.6 is 0 Å². The molecule has 0 unspecified atom stereocenters. The summed E-state index contributed by atoms with van der Waals surface area (Å²) in [4.78, 5) is 10.5. The minimum absolute atomic E-state index is 0.692. The van der Waals surface area contributed by atoms with Gasteiger partial charge in [0.05, 0.1) is 22.4 Å². The standard InChI is InChI=1S/C36H25N3/c1-3-12-25(13-4-1)31-23-32(26-14-5-2-6-15-26)38-36(37-31)39-33-18-10-9-17-29(33)30-22-21-27-20-19-24-11-7-8-16-28(24)34(27)35(30)39/h1-18,21-23H,19-20H2. The molecule has 5 aromatic carbocycles. The van der Waals surface area contributed by atoms with Crippen LogP contribution in [0.5, 0.6) is 0 Å². The maximum Gasteiger partial charge on any atom is 0.235 e. The summed E-state index contributed by atoms with van der Waals surface area (Å²) in [5, 5.41) is 2.45. The van der Waals surface area contributed by atoms with Crippen molar-refractivity contribution in [2.45, 2.75) is 12.8 Å². The number of aromatic nitrogens is 3. The summed E-state index contributed by atoms with van der Waals surface area (Å²) in [6.07, 6.45) is 2.09. The second-order valence-electron chi connectivity index (χ2n) is 10.2. The highest BCUT2D eigenvalue weighted by molar-refractivity contribution is 6.14. The number of aryl methyl sites for hydroxylation is 2. The second-order valence-corrected chi connectivity index (χ2v) is 10.2. The fourth-order valence-electron chi connectivity index (χ4n) is 6.12. The first-order valence-electron chi connectivity index (χ1n) is 13.5. The van der Waals surface area contributed by atoms with Gasteiger partial charge in [0.15, 0.2) is 0 Å². The van der Waals surface area contributed by atoms with E-state index in [4.69, 9.17) is 9.97 Å². The summed E-state index contributed by atoms with van der Waals surface area (Å²) in [6, 6.07) is 45.0. The van der Waals surface area contributed by atoms with E-state index in [2.05, 4.69) is 120 Å². The van der Waals surface area contributed by atoms with E-state index in [1.165, 1.54) is 38.5 Å². The van der Waals surface area contributed by atoms with Crippen LogP contribution in [-0.2, 0) is 12.8 Å². The lowest BCUT2D eigenvalue weighted by atomic mass is 9.84. The highest BCUT2D eigenvalue weighted by Gasteiger charge is 2.24. The van der Waals surface area contributed by atoms with Crippen molar-refractivity contribution in [2.24, 2.45) is 0 Å². The van der Waals surface area contributed by atoms with Crippen molar-refractivity contribution >= 4 is 21.8 Å². The van der Waals surface area contributed by atoms with Gasteiger partial charge in [0.25, 0.3) is 0 Å². The maximum absolute atomic E-state index is 5.23. The summed E-state index contributed by atoms with van der Waals surface area (Å²) >= 11 is 0. The fourth-order valence-corrected chi connectivity index (χ4v) is 6.12. The van der Waals surface area contributed by atoms with Gasteiger partial charge in [0.2, 0.25) is 5.95 Å². The smallest absolute Gasteiger partial charge is 0.235 e. The predicted molar refractivity (Wildman–Crippen MR) is 160 cm³/mol. The lowest BCUT2D eigenvalue weighted by Crippen LogP contribution is -2.08.